The number of aromatic nitrogens is 1. The third-order valence-corrected chi connectivity index (χ3v) is 4.27. The molecule has 0 atom stereocenters. The number of furan rings is 1. The van der Waals surface area contributed by atoms with Gasteiger partial charge in [0.2, 0.25) is 0 Å². The summed E-state index contributed by atoms with van der Waals surface area (Å²) in [5.41, 5.74) is 7.02. The second-order valence-corrected chi connectivity index (χ2v) is 7.21. The molecule has 161 valence electrons. The molecule has 2 heterocycles. The smallest absolute Gasteiger partial charge is 0.155 e. The summed E-state index contributed by atoms with van der Waals surface area (Å²) in [6.07, 6.45) is 1.17. The van der Waals surface area contributed by atoms with E-state index >= 15 is 0 Å². The van der Waals surface area contributed by atoms with Crippen LogP contribution in [0.1, 0.15) is 25.0 Å². The number of ketones is 1. The topological polar surface area (TPSA) is 63.3 Å². The first-order chi connectivity index (χ1) is 14.3. The molecule has 0 saturated heterocycles. The van der Waals surface area contributed by atoms with Crippen molar-refractivity contribution in [3.8, 4) is 22.6 Å². The molecule has 0 aliphatic heterocycles. The number of rotatable bonds is 3. The third-order valence-electron chi connectivity index (χ3n) is 4.27. The van der Waals surface area contributed by atoms with E-state index in [2.05, 4.69) is 32.0 Å². The van der Waals surface area contributed by atoms with Crippen LogP contribution in [0.2, 0.25) is 0 Å². The number of nitrogens with zero attached hydrogens (tertiary/aromatic N) is 1. The first kappa shape index (κ1) is 24.3. The molecule has 0 saturated carbocycles. The number of aliphatic hydroxyl groups excluding tert-OH is 1. The Kier molecular flexibility index (Phi) is 8.49. The maximum atomic E-state index is 10.0. The van der Waals surface area contributed by atoms with E-state index in [9.17, 15) is 4.79 Å². The van der Waals surface area contributed by atoms with E-state index in [1.807, 2.05) is 48.5 Å². The second-order valence-electron chi connectivity index (χ2n) is 7.21. The van der Waals surface area contributed by atoms with Gasteiger partial charge in [0, 0.05) is 37.8 Å². The van der Waals surface area contributed by atoms with Crippen molar-refractivity contribution in [3.05, 3.63) is 89.7 Å². The summed E-state index contributed by atoms with van der Waals surface area (Å²) in [6.45, 7) is 7.00. The maximum Gasteiger partial charge on any atom is 0.155 e. The second kappa shape index (κ2) is 10.9. The zero-order valence-electron chi connectivity index (χ0n) is 17.9. The number of hydrogen-bond donors (Lipinski definition) is 1. The van der Waals surface area contributed by atoms with Gasteiger partial charge in [-0.1, -0.05) is 50.2 Å². The molecule has 2 aromatic carbocycles. The number of pyridine rings is 1. The van der Waals surface area contributed by atoms with Crippen LogP contribution in [-0.2, 0) is 24.9 Å². The van der Waals surface area contributed by atoms with Crippen LogP contribution in [0.5, 0.6) is 0 Å². The Balaban J connectivity index is 0.000000373. The number of allylic oxidation sites excluding steroid dienone is 2. The van der Waals surface area contributed by atoms with Gasteiger partial charge in [0.05, 0.1) is 11.3 Å². The Hall–Kier alpha value is -3.01. The average molecular weight is 591 g/mol. The number of hydrogen-bond acceptors (Lipinski definition) is 4. The van der Waals surface area contributed by atoms with Crippen molar-refractivity contribution in [3.63, 3.8) is 0 Å². The number of aliphatic hydroxyl groups is 1. The Morgan fingerprint density at radius 3 is 2.32 bits per heavy atom. The first-order valence-corrected chi connectivity index (χ1v) is 9.66. The van der Waals surface area contributed by atoms with Gasteiger partial charge in [0.15, 0.2) is 11.4 Å². The fraction of sp³-hybridized carbons (Fsp3) is 0.154. The molecule has 4 rings (SSSR count). The fourth-order valence-corrected chi connectivity index (χ4v) is 3.15. The van der Waals surface area contributed by atoms with Crippen molar-refractivity contribution in [1.82, 2.24) is 4.98 Å². The summed E-state index contributed by atoms with van der Waals surface area (Å²) >= 11 is 0. The molecule has 1 radical (unpaired) electrons. The van der Waals surface area contributed by atoms with Crippen LogP contribution in [0.3, 0.4) is 0 Å². The molecule has 5 heteroatoms. The van der Waals surface area contributed by atoms with E-state index in [1.54, 1.807) is 0 Å². The number of carbonyl (C=O) groups is 1. The average Bonchev–Trinajstić information content (AvgIpc) is 3.11. The number of fused-ring (bicyclic) bond motifs is 1. The third kappa shape index (κ3) is 6.74. The summed E-state index contributed by atoms with van der Waals surface area (Å²) in [5.74, 6) is 0.780. The van der Waals surface area contributed by atoms with Crippen LogP contribution >= 0.6 is 0 Å². The van der Waals surface area contributed by atoms with Crippen LogP contribution in [0.15, 0.2) is 76.9 Å². The summed E-state index contributed by atoms with van der Waals surface area (Å²) < 4.78 is 5.92. The SMILES string of the molecule is CC(=O)C=C(C)O.Cc1[c-]c(-c2ccc3oc(-c4ccccc4)cc3n2)cc(C)c1.[Ir]. The maximum absolute atomic E-state index is 10.0. The van der Waals surface area contributed by atoms with E-state index in [0.29, 0.717) is 0 Å². The van der Waals surface area contributed by atoms with E-state index in [0.717, 1.165) is 39.2 Å². The predicted octanol–water partition coefficient (Wildman–Crippen LogP) is 6.61. The zero-order valence-corrected chi connectivity index (χ0v) is 20.3. The van der Waals surface area contributed by atoms with Crippen LogP contribution in [0.4, 0.5) is 0 Å². The van der Waals surface area contributed by atoms with Crippen LogP contribution < -0.4 is 0 Å². The Labute approximate surface area is 196 Å². The molecule has 31 heavy (non-hydrogen) atoms. The van der Waals surface area contributed by atoms with Crippen LogP contribution in [0, 0.1) is 19.9 Å². The summed E-state index contributed by atoms with van der Waals surface area (Å²) in [7, 11) is 0. The molecule has 0 aliphatic rings. The van der Waals surface area contributed by atoms with Crippen molar-refractivity contribution in [1.29, 1.82) is 0 Å². The van der Waals surface area contributed by atoms with E-state index in [4.69, 9.17) is 14.5 Å². The van der Waals surface area contributed by atoms with Crippen molar-refractivity contribution >= 4 is 16.9 Å². The number of aryl methyl sites for hydroxylation is 2. The van der Waals surface area contributed by atoms with Gasteiger partial charge in [-0.2, -0.15) is 0 Å². The van der Waals surface area contributed by atoms with Gasteiger partial charge in [-0.25, -0.2) is 0 Å². The fourth-order valence-electron chi connectivity index (χ4n) is 3.15. The number of carbonyl (C=O) groups excluding carboxylic acids is 1. The molecule has 4 aromatic rings. The van der Waals surface area contributed by atoms with Gasteiger partial charge in [0.25, 0.3) is 0 Å². The molecule has 0 fully saturated rings. The minimum absolute atomic E-state index is 0. The van der Waals surface area contributed by atoms with Gasteiger partial charge in [-0.15, -0.1) is 34.9 Å². The van der Waals surface area contributed by atoms with Crippen molar-refractivity contribution in [2.45, 2.75) is 27.7 Å². The van der Waals surface area contributed by atoms with E-state index in [-0.39, 0.29) is 31.6 Å². The molecule has 2 aromatic heterocycles. The molecule has 1 N–H and O–H groups in total. The predicted molar refractivity (Wildman–Crippen MR) is 120 cm³/mol. The first-order valence-electron chi connectivity index (χ1n) is 9.66. The Morgan fingerprint density at radius 2 is 1.74 bits per heavy atom. The monoisotopic (exact) mass is 591 g/mol. The minimum atomic E-state index is -0.125. The van der Waals surface area contributed by atoms with Crippen molar-refractivity contribution < 1.29 is 34.4 Å². The van der Waals surface area contributed by atoms with E-state index in [1.165, 1.54) is 25.5 Å². The Bertz CT molecular complexity index is 1190. The minimum Gasteiger partial charge on any atom is -0.512 e. The van der Waals surface area contributed by atoms with E-state index < -0.39 is 0 Å². The van der Waals surface area contributed by atoms with Gasteiger partial charge < -0.3 is 9.52 Å². The van der Waals surface area contributed by atoms with Gasteiger partial charge in [0.1, 0.15) is 5.76 Å². The quantitative estimate of drug-likeness (QED) is 0.166. The normalized spacial score (nSPS) is 10.8. The van der Waals surface area contributed by atoms with Gasteiger partial charge in [-0.05, 0) is 25.6 Å². The van der Waals surface area contributed by atoms with Gasteiger partial charge >= 0.3 is 0 Å². The number of benzene rings is 2. The molecular formula is C26H24IrNO3-. The summed E-state index contributed by atoms with van der Waals surface area (Å²) in [4.78, 5) is 14.8. The summed E-state index contributed by atoms with van der Waals surface area (Å²) in [5, 5.41) is 8.36. The van der Waals surface area contributed by atoms with Crippen molar-refractivity contribution in [2.75, 3.05) is 0 Å². The molecule has 0 aliphatic carbocycles. The molecule has 4 nitrogen and oxygen atoms in total. The zero-order chi connectivity index (χ0) is 21.7. The molecular weight excluding hydrogens is 567 g/mol. The standard InChI is InChI=1S/C21H16NO.C5H8O2.Ir/c1-14-10-15(2)12-17(11-14)18-8-9-20-19(22-18)13-21(23-20)16-6-4-3-5-7-16;1-4(6)3-5(2)7;/h3-11,13H,1-2H3;3,6H,1-2H3;/q-1;;. The molecule has 0 spiro atoms. The van der Waals surface area contributed by atoms with Gasteiger partial charge in [-0.3, -0.25) is 9.78 Å². The Morgan fingerprint density at radius 1 is 1.03 bits per heavy atom. The molecule has 0 amide bonds. The summed E-state index contributed by atoms with van der Waals surface area (Å²) in [6, 6.07) is 23.7. The van der Waals surface area contributed by atoms with Crippen LogP contribution in [0.25, 0.3) is 33.7 Å². The molecule has 0 unspecified atom stereocenters. The molecule has 0 bridgehead atoms. The largest absolute Gasteiger partial charge is 0.512 e. The van der Waals surface area contributed by atoms with Crippen LogP contribution in [-0.4, -0.2) is 15.9 Å². The van der Waals surface area contributed by atoms with Crippen molar-refractivity contribution in [2.24, 2.45) is 0 Å².